The van der Waals surface area contributed by atoms with E-state index in [0.717, 1.165) is 18.2 Å². The summed E-state index contributed by atoms with van der Waals surface area (Å²) in [5.74, 6) is 1.76. The molecule has 1 unspecified atom stereocenters. The molecule has 0 spiro atoms. The Morgan fingerprint density at radius 2 is 1.94 bits per heavy atom. The molecule has 1 rings (SSSR count). The number of thiol groups is 1. The number of para-hydroxylation sites is 1. The quantitative estimate of drug-likeness (QED) is 0.737. The average molecular weight is 237 g/mol. The fraction of sp³-hybridized carbons (Fsp3) is 0.571. The van der Waals surface area contributed by atoms with E-state index in [1.54, 1.807) is 0 Å². The van der Waals surface area contributed by atoms with E-state index in [-0.39, 0.29) is 0 Å². The highest BCUT2D eigenvalue weighted by atomic mass is 32.1. The van der Waals surface area contributed by atoms with Gasteiger partial charge in [0.2, 0.25) is 0 Å². The molecule has 16 heavy (non-hydrogen) atoms. The molecule has 0 aliphatic rings. The van der Waals surface area contributed by atoms with E-state index in [9.17, 15) is 0 Å². The largest absolute Gasteiger partial charge is 0.374 e. The van der Waals surface area contributed by atoms with Crippen molar-refractivity contribution in [3.8, 4) is 0 Å². The van der Waals surface area contributed by atoms with Crippen molar-refractivity contribution in [3.63, 3.8) is 0 Å². The maximum Gasteiger partial charge on any atom is 0.0393 e. The van der Waals surface area contributed by atoms with Crippen LogP contribution >= 0.6 is 12.6 Å². The van der Waals surface area contributed by atoms with Crippen LogP contribution in [0, 0.1) is 12.8 Å². The van der Waals surface area contributed by atoms with Gasteiger partial charge in [-0.1, -0.05) is 25.1 Å². The van der Waals surface area contributed by atoms with E-state index in [2.05, 4.69) is 62.7 Å². The third-order valence-corrected chi connectivity index (χ3v) is 3.36. The maximum atomic E-state index is 4.28. The second-order valence-corrected chi connectivity index (χ2v) is 5.06. The highest BCUT2D eigenvalue weighted by Crippen LogP contribution is 2.19. The van der Waals surface area contributed by atoms with Crippen LogP contribution in [0.4, 0.5) is 5.69 Å². The van der Waals surface area contributed by atoms with Gasteiger partial charge in [0, 0.05) is 19.3 Å². The lowest BCUT2D eigenvalue weighted by Crippen LogP contribution is -2.21. The number of benzene rings is 1. The van der Waals surface area contributed by atoms with Gasteiger partial charge in [0.1, 0.15) is 0 Å². The lowest BCUT2D eigenvalue weighted by Gasteiger charge is -2.23. The van der Waals surface area contributed by atoms with E-state index in [4.69, 9.17) is 0 Å². The van der Waals surface area contributed by atoms with Crippen LogP contribution in [-0.4, -0.2) is 19.3 Å². The summed E-state index contributed by atoms with van der Waals surface area (Å²) in [6.45, 7) is 5.60. The molecule has 2 heteroatoms. The SMILES string of the molecule is Cc1ccccc1N(C)CCC(C)CCS. The third-order valence-electron chi connectivity index (χ3n) is 3.11. The van der Waals surface area contributed by atoms with Crippen molar-refractivity contribution in [1.29, 1.82) is 0 Å². The van der Waals surface area contributed by atoms with Gasteiger partial charge in [-0.25, -0.2) is 0 Å². The van der Waals surface area contributed by atoms with Crippen LogP contribution in [0.2, 0.25) is 0 Å². The second kappa shape index (κ2) is 6.85. The Balaban J connectivity index is 2.46. The number of rotatable bonds is 6. The molecule has 0 aromatic heterocycles. The molecule has 0 saturated carbocycles. The van der Waals surface area contributed by atoms with Gasteiger partial charge >= 0.3 is 0 Å². The highest BCUT2D eigenvalue weighted by molar-refractivity contribution is 7.80. The molecule has 0 radical (unpaired) electrons. The summed E-state index contributed by atoms with van der Waals surface area (Å²) >= 11 is 4.28. The van der Waals surface area contributed by atoms with E-state index < -0.39 is 0 Å². The van der Waals surface area contributed by atoms with Crippen molar-refractivity contribution in [1.82, 2.24) is 0 Å². The zero-order valence-electron chi connectivity index (χ0n) is 10.6. The molecule has 90 valence electrons. The standard InChI is InChI=1S/C14H23NS/c1-12(9-11-16)8-10-15(3)14-7-5-4-6-13(14)2/h4-7,12,16H,8-11H2,1-3H3. The van der Waals surface area contributed by atoms with E-state index >= 15 is 0 Å². The molecule has 0 heterocycles. The molecular formula is C14H23NS. The maximum absolute atomic E-state index is 4.28. The van der Waals surface area contributed by atoms with Crippen LogP contribution in [0.1, 0.15) is 25.3 Å². The summed E-state index contributed by atoms with van der Waals surface area (Å²) in [6.07, 6.45) is 2.45. The first kappa shape index (κ1) is 13.4. The fourth-order valence-electron chi connectivity index (χ4n) is 1.89. The van der Waals surface area contributed by atoms with Crippen molar-refractivity contribution in [2.24, 2.45) is 5.92 Å². The van der Waals surface area contributed by atoms with Gasteiger partial charge < -0.3 is 4.90 Å². The Bertz CT molecular complexity index is 311. The molecular weight excluding hydrogens is 214 g/mol. The molecule has 1 aromatic carbocycles. The molecule has 0 bridgehead atoms. The first-order valence-electron chi connectivity index (χ1n) is 6.02. The Hall–Kier alpha value is -0.630. The van der Waals surface area contributed by atoms with Gasteiger partial charge in [-0.05, 0) is 43.1 Å². The van der Waals surface area contributed by atoms with Crippen molar-refractivity contribution >= 4 is 18.3 Å². The number of anilines is 1. The Labute approximate surface area is 105 Å². The minimum Gasteiger partial charge on any atom is -0.374 e. The number of nitrogens with zero attached hydrogens (tertiary/aromatic N) is 1. The van der Waals surface area contributed by atoms with Crippen LogP contribution in [0.25, 0.3) is 0 Å². The zero-order valence-corrected chi connectivity index (χ0v) is 11.5. The highest BCUT2D eigenvalue weighted by Gasteiger charge is 2.06. The molecule has 1 aromatic rings. The smallest absolute Gasteiger partial charge is 0.0393 e. The average Bonchev–Trinajstić information content (AvgIpc) is 2.27. The molecule has 1 nitrogen and oxygen atoms in total. The first-order chi connectivity index (χ1) is 7.65. The van der Waals surface area contributed by atoms with Crippen LogP contribution in [0.3, 0.4) is 0 Å². The number of aryl methyl sites for hydroxylation is 1. The lowest BCUT2D eigenvalue weighted by molar-refractivity contribution is 0.522. The van der Waals surface area contributed by atoms with Crippen molar-refractivity contribution in [3.05, 3.63) is 29.8 Å². The summed E-state index contributed by atoms with van der Waals surface area (Å²) in [7, 11) is 2.18. The minimum absolute atomic E-state index is 0.768. The fourth-order valence-corrected chi connectivity index (χ4v) is 2.33. The Morgan fingerprint density at radius 1 is 1.25 bits per heavy atom. The van der Waals surface area contributed by atoms with Crippen molar-refractivity contribution in [2.45, 2.75) is 26.7 Å². The van der Waals surface area contributed by atoms with Gasteiger partial charge in [-0.15, -0.1) is 0 Å². The van der Waals surface area contributed by atoms with E-state index in [0.29, 0.717) is 0 Å². The van der Waals surface area contributed by atoms with Crippen molar-refractivity contribution in [2.75, 3.05) is 24.2 Å². The predicted octanol–water partition coefficient (Wildman–Crippen LogP) is 3.78. The summed E-state index contributed by atoms with van der Waals surface area (Å²) in [4.78, 5) is 2.35. The molecule has 1 atom stereocenters. The Kier molecular flexibility index (Phi) is 5.75. The zero-order chi connectivity index (χ0) is 12.0. The number of hydrogen-bond donors (Lipinski definition) is 1. The predicted molar refractivity (Wildman–Crippen MR) is 76.7 cm³/mol. The minimum atomic E-state index is 0.768. The third kappa shape index (κ3) is 4.09. The summed E-state index contributed by atoms with van der Waals surface area (Å²) in [6, 6.07) is 8.56. The molecule has 0 aliphatic carbocycles. The molecule has 0 aliphatic heterocycles. The lowest BCUT2D eigenvalue weighted by atomic mass is 10.0. The van der Waals surface area contributed by atoms with Crippen LogP contribution in [0.15, 0.2) is 24.3 Å². The topological polar surface area (TPSA) is 3.24 Å². The first-order valence-corrected chi connectivity index (χ1v) is 6.66. The summed E-state index contributed by atoms with van der Waals surface area (Å²) in [5, 5.41) is 0. The van der Waals surface area contributed by atoms with Gasteiger partial charge in [-0.3, -0.25) is 0 Å². The van der Waals surface area contributed by atoms with Crippen LogP contribution in [-0.2, 0) is 0 Å². The van der Waals surface area contributed by atoms with Gasteiger partial charge in [0.05, 0.1) is 0 Å². The molecule has 0 amide bonds. The molecule has 0 fully saturated rings. The van der Waals surface area contributed by atoms with Crippen LogP contribution < -0.4 is 4.90 Å². The monoisotopic (exact) mass is 237 g/mol. The second-order valence-electron chi connectivity index (χ2n) is 4.61. The van der Waals surface area contributed by atoms with Gasteiger partial charge in [0.15, 0.2) is 0 Å². The van der Waals surface area contributed by atoms with Gasteiger partial charge in [-0.2, -0.15) is 12.6 Å². The van der Waals surface area contributed by atoms with E-state index in [1.807, 2.05) is 0 Å². The van der Waals surface area contributed by atoms with Gasteiger partial charge in [0.25, 0.3) is 0 Å². The summed E-state index contributed by atoms with van der Waals surface area (Å²) in [5.41, 5.74) is 2.70. The molecule has 0 saturated heterocycles. The normalized spacial score (nSPS) is 12.5. The molecule has 0 N–H and O–H groups in total. The number of hydrogen-bond acceptors (Lipinski definition) is 2. The Morgan fingerprint density at radius 3 is 2.56 bits per heavy atom. The van der Waals surface area contributed by atoms with Crippen molar-refractivity contribution < 1.29 is 0 Å². The van der Waals surface area contributed by atoms with Crippen LogP contribution in [0.5, 0.6) is 0 Å². The summed E-state index contributed by atoms with van der Waals surface area (Å²) < 4.78 is 0. The van der Waals surface area contributed by atoms with E-state index in [1.165, 1.54) is 24.1 Å².